The van der Waals surface area contributed by atoms with Gasteiger partial charge in [0.25, 0.3) is 5.91 Å². The highest BCUT2D eigenvalue weighted by molar-refractivity contribution is 6.33. The molecule has 172 valence electrons. The van der Waals surface area contributed by atoms with Crippen LogP contribution in [-0.2, 0) is 17.8 Å². The highest BCUT2D eigenvalue weighted by Gasteiger charge is 2.30. The zero-order valence-corrected chi connectivity index (χ0v) is 20.0. The molecule has 0 radical (unpaired) electrons. The average Bonchev–Trinajstić information content (AvgIpc) is 2.85. The summed E-state index contributed by atoms with van der Waals surface area (Å²) in [6, 6.07) is 26.3. The summed E-state index contributed by atoms with van der Waals surface area (Å²) >= 11 is 6.23. The molecular weight excluding hydrogens is 432 g/mol. The van der Waals surface area contributed by atoms with Gasteiger partial charge in [-0.2, -0.15) is 0 Å². The molecule has 4 nitrogen and oxygen atoms in total. The van der Waals surface area contributed by atoms with Crippen LogP contribution in [0, 0.1) is 5.92 Å². The third-order valence-corrected chi connectivity index (χ3v) is 6.25. The molecule has 0 fully saturated rings. The molecule has 0 saturated heterocycles. The number of carbonyl (C=O) groups excluding carboxylic acids is 2. The number of halogens is 1. The van der Waals surface area contributed by atoms with E-state index in [1.807, 2.05) is 67.3 Å². The van der Waals surface area contributed by atoms with Gasteiger partial charge in [0.15, 0.2) is 0 Å². The quantitative estimate of drug-likeness (QED) is 0.416. The van der Waals surface area contributed by atoms with E-state index >= 15 is 0 Å². The summed E-state index contributed by atoms with van der Waals surface area (Å²) in [4.78, 5) is 28.6. The van der Waals surface area contributed by atoms with Crippen molar-refractivity contribution in [1.29, 1.82) is 0 Å². The van der Waals surface area contributed by atoms with Crippen molar-refractivity contribution >= 4 is 23.4 Å². The number of amides is 2. The van der Waals surface area contributed by atoms with Gasteiger partial charge in [-0.25, -0.2) is 0 Å². The fourth-order valence-electron chi connectivity index (χ4n) is 3.72. The maximum atomic E-state index is 13.8. The highest BCUT2D eigenvalue weighted by Crippen LogP contribution is 2.18. The molecular formula is C28H31ClN2O2. The summed E-state index contributed by atoms with van der Waals surface area (Å²) < 4.78 is 0. The Balaban J connectivity index is 1.83. The van der Waals surface area contributed by atoms with Gasteiger partial charge in [0.2, 0.25) is 5.91 Å². The van der Waals surface area contributed by atoms with Crippen molar-refractivity contribution in [3.63, 3.8) is 0 Å². The molecule has 2 amide bonds. The van der Waals surface area contributed by atoms with E-state index in [0.29, 0.717) is 23.7 Å². The van der Waals surface area contributed by atoms with E-state index in [2.05, 4.69) is 17.4 Å². The normalized spacial score (nSPS) is 12.6. The molecule has 0 aliphatic rings. The van der Waals surface area contributed by atoms with Crippen molar-refractivity contribution in [2.75, 3.05) is 6.54 Å². The van der Waals surface area contributed by atoms with Crippen LogP contribution in [0.3, 0.4) is 0 Å². The number of hydrogen-bond donors (Lipinski definition) is 1. The summed E-state index contributed by atoms with van der Waals surface area (Å²) in [5.74, 6) is -0.439. The number of carbonyl (C=O) groups is 2. The van der Waals surface area contributed by atoms with E-state index in [4.69, 9.17) is 11.6 Å². The molecule has 3 aromatic rings. The molecule has 0 spiro atoms. The fraction of sp³-hybridized carbons (Fsp3) is 0.286. The van der Waals surface area contributed by atoms with Gasteiger partial charge >= 0.3 is 0 Å². The average molecular weight is 463 g/mol. The van der Waals surface area contributed by atoms with Gasteiger partial charge in [-0.05, 0) is 35.6 Å². The van der Waals surface area contributed by atoms with Gasteiger partial charge in [0, 0.05) is 13.1 Å². The first-order chi connectivity index (χ1) is 16.0. The largest absolute Gasteiger partial charge is 0.340 e. The molecule has 0 aliphatic carbocycles. The zero-order valence-electron chi connectivity index (χ0n) is 19.2. The Bertz CT molecular complexity index is 1040. The molecule has 0 bridgehead atoms. The minimum atomic E-state index is -0.641. The Morgan fingerprint density at radius 1 is 0.879 bits per heavy atom. The lowest BCUT2D eigenvalue weighted by atomic mass is 9.96. The van der Waals surface area contributed by atoms with Crippen LogP contribution in [0.1, 0.15) is 41.8 Å². The number of nitrogens with one attached hydrogen (secondary N) is 1. The van der Waals surface area contributed by atoms with Crippen molar-refractivity contribution in [1.82, 2.24) is 10.2 Å². The molecule has 0 aliphatic heterocycles. The molecule has 0 heterocycles. The lowest BCUT2D eigenvalue weighted by Gasteiger charge is -2.31. The second-order valence-electron chi connectivity index (χ2n) is 8.30. The maximum absolute atomic E-state index is 13.8. The third-order valence-electron chi connectivity index (χ3n) is 5.93. The fourth-order valence-corrected chi connectivity index (χ4v) is 3.95. The molecule has 3 rings (SSSR count). The lowest BCUT2D eigenvalue weighted by Crippen LogP contribution is -2.52. The smallest absolute Gasteiger partial charge is 0.253 e. The molecule has 0 aromatic heterocycles. The summed E-state index contributed by atoms with van der Waals surface area (Å²) in [5, 5.41) is 3.35. The summed E-state index contributed by atoms with van der Waals surface area (Å²) in [7, 11) is 0. The Kier molecular flexibility index (Phi) is 9.08. The van der Waals surface area contributed by atoms with Gasteiger partial charge in [0.05, 0.1) is 10.6 Å². The predicted octanol–water partition coefficient (Wildman–Crippen LogP) is 5.76. The van der Waals surface area contributed by atoms with Gasteiger partial charge in [-0.3, -0.25) is 9.59 Å². The number of rotatable bonds is 10. The summed E-state index contributed by atoms with van der Waals surface area (Å²) in [6.45, 7) is 5.07. The van der Waals surface area contributed by atoms with Crippen molar-refractivity contribution in [2.45, 2.75) is 39.3 Å². The van der Waals surface area contributed by atoms with Gasteiger partial charge in [-0.1, -0.05) is 105 Å². The molecule has 0 saturated carbocycles. The van der Waals surface area contributed by atoms with Gasteiger partial charge < -0.3 is 10.2 Å². The van der Waals surface area contributed by atoms with E-state index in [1.54, 1.807) is 24.3 Å². The minimum Gasteiger partial charge on any atom is -0.340 e. The number of nitrogens with zero attached hydrogens (tertiary/aromatic N) is 1. The van der Waals surface area contributed by atoms with Crippen molar-refractivity contribution in [3.8, 4) is 0 Å². The molecule has 3 aromatic carbocycles. The minimum absolute atomic E-state index is 0.0288. The van der Waals surface area contributed by atoms with Crippen LogP contribution in [0.2, 0.25) is 5.02 Å². The SMILES string of the molecule is CCC(C)C(NC(=O)c1ccccc1Cl)C(=O)N(CCc1ccccc1)Cc1ccccc1. The Hall–Kier alpha value is -3.11. The van der Waals surface area contributed by atoms with Crippen LogP contribution in [0.4, 0.5) is 0 Å². The van der Waals surface area contributed by atoms with E-state index in [0.717, 1.165) is 18.4 Å². The Morgan fingerprint density at radius 2 is 1.45 bits per heavy atom. The molecule has 2 atom stereocenters. The monoisotopic (exact) mass is 462 g/mol. The number of benzene rings is 3. The van der Waals surface area contributed by atoms with Crippen LogP contribution in [-0.4, -0.2) is 29.3 Å². The van der Waals surface area contributed by atoms with E-state index < -0.39 is 6.04 Å². The van der Waals surface area contributed by atoms with Crippen molar-refractivity contribution < 1.29 is 9.59 Å². The summed E-state index contributed by atoms with van der Waals surface area (Å²) in [5.41, 5.74) is 2.60. The molecule has 33 heavy (non-hydrogen) atoms. The first kappa shape index (κ1) is 24.5. The second-order valence-corrected chi connectivity index (χ2v) is 8.70. The van der Waals surface area contributed by atoms with Crippen LogP contribution in [0.25, 0.3) is 0 Å². The highest BCUT2D eigenvalue weighted by atomic mass is 35.5. The molecule has 5 heteroatoms. The second kappa shape index (κ2) is 12.2. The summed E-state index contributed by atoms with van der Waals surface area (Å²) in [6.07, 6.45) is 1.50. The standard InChI is InChI=1S/C28H31ClN2O2/c1-3-21(2)26(30-27(32)24-16-10-11-17-25(24)29)28(33)31(20-23-14-8-5-9-15-23)19-18-22-12-6-4-7-13-22/h4-17,21,26H,3,18-20H2,1-2H3,(H,30,32). The van der Waals surface area contributed by atoms with Gasteiger partial charge in [-0.15, -0.1) is 0 Å². The van der Waals surface area contributed by atoms with Gasteiger partial charge in [0.1, 0.15) is 6.04 Å². The predicted molar refractivity (Wildman–Crippen MR) is 134 cm³/mol. The van der Waals surface area contributed by atoms with Crippen LogP contribution in [0.15, 0.2) is 84.9 Å². The van der Waals surface area contributed by atoms with E-state index in [-0.39, 0.29) is 17.7 Å². The van der Waals surface area contributed by atoms with Crippen molar-refractivity contribution in [3.05, 3.63) is 107 Å². The Morgan fingerprint density at radius 3 is 2.06 bits per heavy atom. The number of hydrogen-bond acceptors (Lipinski definition) is 2. The van der Waals surface area contributed by atoms with Crippen LogP contribution in [0.5, 0.6) is 0 Å². The Labute approximate surface area is 201 Å². The van der Waals surface area contributed by atoms with E-state index in [1.165, 1.54) is 5.56 Å². The first-order valence-electron chi connectivity index (χ1n) is 11.4. The van der Waals surface area contributed by atoms with Crippen LogP contribution >= 0.6 is 11.6 Å². The third kappa shape index (κ3) is 6.93. The van der Waals surface area contributed by atoms with Crippen LogP contribution < -0.4 is 5.32 Å². The lowest BCUT2D eigenvalue weighted by molar-refractivity contribution is -0.135. The first-order valence-corrected chi connectivity index (χ1v) is 11.8. The zero-order chi connectivity index (χ0) is 23.6. The molecule has 2 unspecified atom stereocenters. The molecule has 1 N–H and O–H groups in total. The topological polar surface area (TPSA) is 49.4 Å². The van der Waals surface area contributed by atoms with E-state index in [9.17, 15) is 9.59 Å². The maximum Gasteiger partial charge on any atom is 0.253 e. The van der Waals surface area contributed by atoms with Crippen molar-refractivity contribution in [2.24, 2.45) is 5.92 Å².